The number of rotatable bonds is 5. The van der Waals surface area contributed by atoms with Crippen LogP contribution < -0.4 is 5.32 Å². The average molecular weight is 304 g/mol. The van der Waals surface area contributed by atoms with E-state index in [0.717, 1.165) is 10.6 Å². The monoisotopic (exact) mass is 304 g/mol. The Balaban J connectivity index is 1.97. The second-order valence-corrected chi connectivity index (χ2v) is 5.73. The molecule has 1 heterocycles. The molecule has 0 spiro atoms. The molecule has 6 heteroatoms. The summed E-state index contributed by atoms with van der Waals surface area (Å²) in [6.07, 6.45) is 0. The number of hydrogen-bond donors (Lipinski definition) is 2. The summed E-state index contributed by atoms with van der Waals surface area (Å²) in [5.74, 6) is -0.949. The number of carboxylic acid groups (broad SMARTS) is 1. The number of benzene rings is 1. The zero-order chi connectivity index (χ0) is 15.4. The van der Waals surface area contributed by atoms with Gasteiger partial charge in [-0.25, -0.2) is 4.79 Å². The SMILES string of the molecule is CN(C)C(=O)c1ccc(NCc2cc(C(=O)O)cs2)cc1. The highest BCUT2D eigenvalue weighted by atomic mass is 32.1. The molecule has 0 saturated carbocycles. The lowest BCUT2D eigenvalue weighted by Gasteiger charge is -2.11. The number of carbonyl (C=O) groups is 2. The van der Waals surface area contributed by atoms with Crippen LogP contribution in [0.2, 0.25) is 0 Å². The Hall–Kier alpha value is -2.34. The van der Waals surface area contributed by atoms with Crippen molar-refractivity contribution in [3.63, 3.8) is 0 Å². The first-order valence-corrected chi connectivity index (χ1v) is 7.21. The van der Waals surface area contributed by atoms with Crippen LogP contribution in [0.4, 0.5) is 5.69 Å². The predicted octanol–water partition coefficient (Wildman–Crippen LogP) is 2.76. The molecule has 5 nitrogen and oxygen atoms in total. The number of carbonyl (C=O) groups excluding carboxylic acids is 1. The molecule has 2 N–H and O–H groups in total. The van der Waals surface area contributed by atoms with E-state index in [1.165, 1.54) is 16.2 Å². The molecule has 2 aromatic rings. The predicted molar refractivity (Wildman–Crippen MR) is 83.1 cm³/mol. The van der Waals surface area contributed by atoms with Crippen LogP contribution in [0, 0.1) is 0 Å². The molecule has 21 heavy (non-hydrogen) atoms. The van der Waals surface area contributed by atoms with Crippen molar-refractivity contribution in [3.05, 3.63) is 51.7 Å². The van der Waals surface area contributed by atoms with E-state index in [0.29, 0.717) is 17.7 Å². The molecule has 0 bridgehead atoms. The van der Waals surface area contributed by atoms with E-state index in [2.05, 4.69) is 5.32 Å². The average Bonchev–Trinajstić information content (AvgIpc) is 2.94. The van der Waals surface area contributed by atoms with E-state index in [9.17, 15) is 9.59 Å². The fourth-order valence-corrected chi connectivity index (χ4v) is 2.56. The quantitative estimate of drug-likeness (QED) is 0.891. The highest BCUT2D eigenvalue weighted by Crippen LogP contribution is 2.17. The molecular weight excluding hydrogens is 288 g/mol. The Morgan fingerprint density at radius 2 is 1.86 bits per heavy atom. The fourth-order valence-electron chi connectivity index (χ4n) is 1.76. The summed E-state index contributed by atoms with van der Waals surface area (Å²) in [6.45, 7) is 0.554. The summed E-state index contributed by atoms with van der Waals surface area (Å²) < 4.78 is 0. The van der Waals surface area contributed by atoms with Crippen molar-refractivity contribution in [3.8, 4) is 0 Å². The molecule has 1 aromatic heterocycles. The zero-order valence-corrected chi connectivity index (χ0v) is 12.6. The van der Waals surface area contributed by atoms with Gasteiger partial charge in [0.25, 0.3) is 5.91 Å². The van der Waals surface area contributed by atoms with Crippen LogP contribution in [0.25, 0.3) is 0 Å². The van der Waals surface area contributed by atoms with Gasteiger partial charge in [-0.2, -0.15) is 0 Å². The summed E-state index contributed by atoms with van der Waals surface area (Å²) in [7, 11) is 3.43. The third kappa shape index (κ3) is 3.82. The summed E-state index contributed by atoms with van der Waals surface area (Å²) in [6, 6.07) is 8.86. The van der Waals surface area contributed by atoms with Crippen molar-refractivity contribution in [2.75, 3.05) is 19.4 Å². The standard InChI is InChI=1S/C15H16N2O3S/c1-17(2)14(18)10-3-5-12(6-4-10)16-8-13-7-11(9-21-13)15(19)20/h3-7,9,16H,8H2,1-2H3,(H,19,20). The summed E-state index contributed by atoms with van der Waals surface area (Å²) >= 11 is 1.40. The van der Waals surface area contributed by atoms with E-state index >= 15 is 0 Å². The number of aromatic carboxylic acids is 1. The number of anilines is 1. The molecule has 0 aliphatic heterocycles. The van der Waals surface area contributed by atoms with Gasteiger partial charge in [-0.05, 0) is 30.3 Å². The van der Waals surface area contributed by atoms with Gasteiger partial charge in [0.05, 0.1) is 5.56 Å². The van der Waals surface area contributed by atoms with Gasteiger partial charge in [0.1, 0.15) is 0 Å². The van der Waals surface area contributed by atoms with Crippen molar-refractivity contribution >= 4 is 28.9 Å². The van der Waals surface area contributed by atoms with Crippen LogP contribution in [0.1, 0.15) is 25.6 Å². The molecule has 0 saturated heterocycles. The summed E-state index contributed by atoms with van der Waals surface area (Å²) in [5.41, 5.74) is 1.83. The first-order chi connectivity index (χ1) is 9.97. The van der Waals surface area contributed by atoms with Crippen molar-refractivity contribution in [1.29, 1.82) is 0 Å². The first kappa shape index (κ1) is 15.1. The zero-order valence-electron chi connectivity index (χ0n) is 11.8. The van der Waals surface area contributed by atoms with Crippen LogP contribution in [0.15, 0.2) is 35.7 Å². The Morgan fingerprint density at radius 1 is 1.19 bits per heavy atom. The van der Waals surface area contributed by atoms with Gasteiger partial charge < -0.3 is 15.3 Å². The minimum atomic E-state index is -0.913. The van der Waals surface area contributed by atoms with Crippen LogP contribution in [0.5, 0.6) is 0 Å². The van der Waals surface area contributed by atoms with Crippen LogP contribution >= 0.6 is 11.3 Å². The van der Waals surface area contributed by atoms with Crippen LogP contribution in [0.3, 0.4) is 0 Å². The van der Waals surface area contributed by atoms with Gasteiger partial charge in [-0.1, -0.05) is 0 Å². The van der Waals surface area contributed by atoms with E-state index in [1.54, 1.807) is 37.7 Å². The van der Waals surface area contributed by atoms with E-state index in [1.807, 2.05) is 12.1 Å². The molecule has 0 unspecified atom stereocenters. The topological polar surface area (TPSA) is 69.6 Å². The number of amides is 1. The summed E-state index contributed by atoms with van der Waals surface area (Å²) in [5, 5.41) is 13.7. The Kier molecular flexibility index (Phi) is 4.59. The van der Waals surface area contributed by atoms with Crippen molar-refractivity contribution in [2.45, 2.75) is 6.54 Å². The Labute approximate surface area is 126 Å². The molecule has 110 valence electrons. The number of carboxylic acids is 1. The minimum Gasteiger partial charge on any atom is -0.478 e. The van der Waals surface area contributed by atoms with Gasteiger partial charge in [0, 0.05) is 42.1 Å². The third-order valence-electron chi connectivity index (χ3n) is 2.91. The third-order valence-corrected chi connectivity index (χ3v) is 3.84. The fraction of sp³-hybridized carbons (Fsp3) is 0.200. The Morgan fingerprint density at radius 3 is 2.38 bits per heavy atom. The van der Waals surface area contributed by atoms with Crippen molar-refractivity contribution in [1.82, 2.24) is 4.90 Å². The first-order valence-electron chi connectivity index (χ1n) is 6.33. The molecule has 2 rings (SSSR count). The van der Waals surface area contributed by atoms with Gasteiger partial charge >= 0.3 is 5.97 Å². The molecule has 1 amide bonds. The normalized spacial score (nSPS) is 10.2. The van der Waals surface area contributed by atoms with Gasteiger partial charge in [-0.3, -0.25) is 4.79 Å². The second-order valence-electron chi connectivity index (χ2n) is 4.74. The highest BCUT2D eigenvalue weighted by molar-refractivity contribution is 7.10. The molecule has 0 aliphatic carbocycles. The molecule has 0 radical (unpaired) electrons. The van der Waals surface area contributed by atoms with E-state index in [-0.39, 0.29) is 5.91 Å². The van der Waals surface area contributed by atoms with Crippen LogP contribution in [-0.4, -0.2) is 36.0 Å². The lowest BCUT2D eigenvalue weighted by molar-refractivity contribution is 0.0697. The lowest BCUT2D eigenvalue weighted by atomic mass is 10.2. The van der Waals surface area contributed by atoms with Crippen LogP contribution in [-0.2, 0) is 6.54 Å². The summed E-state index contributed by atoms with van der Waals surface area (Å²) in [4.78, 5) is 25.0. The largest absolute Gasteiger partial charge is 0.478 e. The number of nitrogens with zero attached hydrogens (tertiary/aromatic N) is 1. The maximum absolute atomic E-state index is 11.8. The van der Waals surface area contributed by atoms with Gasteiger partial charge in [0.2, 0.25) is 0 Å². The molecule has 1 aromatic carbocycles. The van der Waals surface area contributed by atoms with Crippen molar-refractivity contribution < 1.29 is 14.7 Å². The second kappa shape index (κ2) is 6.41. The van der Waals surface area contributed by atoms with Gasteiger partial charge in [0.15, 0.2) is 0 Å². The van der Waals surface area contributed by atoms with E-state index < -0.39 is 5.97 Å². The number of thiophene rings is 1. The Bertz CT molecular complexity index is 647. The van der Waals surface area contributed by atoms with Crippen molar-refractivity contribution in [2.24, 2.45) is 0 Å². The van der Waals surface area contributed by atoms with E-state index in [4.69, 9.17) is 5.11 Å². The molecular formula is C15H16N2O3S. The molecule has 0 fully saturated rings. The number of hydrogen-bond acceptors (Lipinski definition) is 4. The minimum absolute atomic E-state index is 0.0362. The smallest absolute Gasteiger partial charge is 0.336 e. The maximum atomic E-state index is 11.8. The maximum Gasteiger partial charge on any atom is 0.336 e. The highest BCUT2D eigenvalue weighted by Gasteiger charge is 2.08. The number of nitrogens with one attached hydrogen (secondary N) is 1. The lowest BCUT2D eigenvalue weighted by Crippen LogP contribution is -2.21. The van der Waals surface area contributed by atoms with Gasteiger partial charge in [-0.15, -0.1) is 11.3 Å². The molecule has 0 atom stereocenters. The molecule has 0 aliphatic rings.